The van der Waals surface area contributed by atoms with E-state index in [-0.39, 0.29) is 12.4 Å². The van der Waals surface area contributed by atoms with Gasteiger partial charge >= 0.3 is 0 Å². The Morgan fingerprint density at radius 3 is 2.50 bits per heavy atom. The molecule has 1 aliphatic rings. The fourth-order valence-electron chi connectivity index (χ4n) is 0.956. The topological polar surface area (TPSA) is 24.5 Å². The predicted molar refractivity (Wildman–Crippen MR) is 43.3 cm³/mol. The summed E-state index contributed by atoms with van der Waals surface area (Å²) in [4.78, 5) is 5.28. The van der Waals surface area contributed by atoms with Crippen molar-refractivity contribution >= 4 is 12.4 Å². The smallest absolute Gasteiger partial charge is 0.0656 e. The van der Waals surface area contributed by atoms with E-state index in [4.69, 9.17) is 4.84 Å². The molecule has 1 N–H and O–H groups in total. The number of rotatable bonds is 2. The molecule has 3 nitrogen and oxygen atoms in total. The number of piperazine rings is 1. The monoisotopic (exact) mass is 166 g/mol. The van der Waals surface area contributed by atoms with Crippen molar-refractivity contribution in [2.24, 2.45) is 0 Å². The number of halogens is 1. The largest absolute Gasteiger partial charge is 0.314 e. The maximum Gasteiger partial charge on any atom is 0.0656 e. The van der Waals surface area contributed by atoms with Gasteiger partial charge in [-0.3, -0.25) is 4.84 Å². The Morgan fingerprint density at radius 2 is 2.00 bits per heavy atom. The van der Waals surface area contributed by atoms with Gasteiger partial charge in [0, 0.05) is 26.2 Å². The molecule has 0 spiro atoms. The lowest BCUT2D eigenvalue weighted by atomic mass is 10.4. The number of nitrogens with zero attached hydrogens (tertiary/aromatic N) is 1. The van der Waals surface area contributed by atoms with E-state index < -0.39 is 0 Å². The lowest BCUT2D eigenvalue weighted by Gasteiger charge is -2.25. The molecule has 1 rings (SSSR count). The summed E-state index contributed by atoms with van der Waals surface area (Å²) in [5.41, 5.74) is 0. The Labute approximate surface area is 68.1 Å². The second kappa shape index (κ2) is 5.92. The van der Waals surface area contributed by atoms with Gasteiger partial charge in [0.05, 0.1) is 6.61 Å². The summed E-state index contributed by atoms with van der Waals surface area (Å²) >= 11 is 0. The summed E-state index contributed by atoms with van der Waals surface area (Å²) < 4.78 is 0. The minimum atomic E-state index is 0. The van der Waals surface area contributed by atoms with E-state index >= 15 is 0 Å². The first kappa shape index (κ1) is 10.2. The zero-order chi connectivity index (χ0) is 6.53. The van der Waals surface area contributed by atoms with Gasteiger partial charge in [0.2, 0.25) is 0 Å². The summed E-state index contributed by atoms with van der Waals surface area (Å²) in [6.07, 6.45) is 0. The van der Waals surface area contributed by atoms with E-state index in [1.54, 1.807) is 0 Å². The third-order valence-electron chi connectivity index (χ3n) is 1.39. The highest BCUT2D eigenvalue weighted by molar-refractivity contribution is 5.85. The predicted octanol–water partition coefficient (Wildman–Crippen LogP) is 0.265. The van der Waals surface area contributed by atoms with Crippen molar-refractivity contribution in [3.8, 4) is 0 Å². The standard InChI is InChI=1S/C6H14N2O.ClH/c1-2-9-8-5-3-7-4-6-8;/h7H,2-6H2,1H3;1H. The van der Waals surface area contributed by atoms with Gasteiger partial charge in [0.1, 0.15) is 0 Å². The first-order valence-corrected chi connectivity index (χ1v) is 3.52. The Balaban J connectivity index is 0.000000810. The van der Waals surface area contributed by atoms with Crippen molar-refractivity contribution in [2.45, 2.75) is 6.92 Å². The molecule has 0 saturated carbocycles. The molecular weight excluding hydrogens is 152 g/mol. The maximum absolute atomic E-state index is 5.28. The normalized spacial score (nSPS) is 20.1. The number of hydrogen-bond acceptors (Lipinski definition) is 3. The highest BCUT2D eigenvalue weighted by Gasteiger charge is 2.07. The van der Waals surface area contributed by atoms with Crippen LogP contribution in [-0.2, 0) is 4.84 Å². The SMILES string of the molecule is CCON1CCNCC1.Cl. The van der Waals surface area contributed by atoms with Gasteiger partial charge in [-0.15, -0.1) is 12.4 Å². The third kappa shape index (κ3) is 3.37. The molecule has 0 aliphatic carbocycles. The fraction of sp³-hybridized carbons (Fsp3) is 1.00. The molecule has 62 valence electrons. The van der Waals surface area contributed by atoms with E-state index in [1.165, 1.54) is 0 Å². The molecule has 10 heavy (non-hydrogen) atoms. The summed E-state index contributed by atoms with van der Waals surface area (Å²) in [7, 11) is 0. The fourth-order valence-corrected chi connectivity index (χ4v) is 0.956. The molecule has 1 aliphatic heterocycles. The Bertz CT molecular complexity index is 73.4. The average Bonchev–Trinajstić information content (AvgIpc) is 1.91. The first-order chi connectivity index (χ1) is 4.43. The Morgan fingerprint density at radius 1 is 1.40 bits per heavy atom. The lowest BCUT2D eigenvalue weighted by molar-refractivity contribution is -0.159. The molecule has 4 heteroatoms. The van der Waals surface area contributed by atoms with Crippen molar-refractivity contribution in [3.05, 3.63) is 0 Å². The average molecular weight is 167 g/mol. The van der Waals surface area contributed by atoms with E-state index in [1.807, 2.05) is 12.0 Å². The minimum Gasteiger partial charge on any atom is -0.314 e. The van der Waals surface area contributed by atoms with Crippen LogP contribution in [0.2, 0.25) is 0 Å². The van der Waals surface area contributed by atoms with Gasteiger partial charge in [-0.25, -0.2) is 0 Å². The van der Waals surface area contributed by atoms with Crippen LogP contribution in [0, 0.1) is 0 Å². The van der Waals surface area contributed by atoms with Gasteiger partial charge < -0.3 is 5.32 Å². The van der Waals surface area contributed by atoms with Gasteiger partial charge in [0.25, 0.3) is 0 Å². The van der Waals surface area contributed by atoms with Crippen molar-refractivity contribution < 1.29 is 4.84 Å². The van der Waals surface area contributed by atoms with Crippen molar-refractivity contribution in [1.82, 2.24) is 10.4 Å². The Hall–Kier alpha value is 0.170. The summed E-state index contributed by atoms with van der Waals surface area (Å²) in [5.74, 6) is 0. The lowest BCUT2D eigenvalue weighted by Crippen LogP contribution is -2.43. The molecule has 0 aromatic heterocycles. The van der Waals surface area contributed by atoms with Crippen molar-refractivity contribution in [1.29, 1.82) is 0 Å². The van der Waals surface area contributed by atoms with Crippen LogP contribution in [0.15, 0.2) is 0 Å². The van der Waals surface area contributed by atoms with Crippen LogP contribution in [0.1, 0.15) is 6.92 Å². The zero-order valence-electron chi connectivity index (χ0n) is 6.30. The van der Waals surface area contributed by atoms with E-state index in [2.05, 4.69) is 5.32 Å². The summed E-state index contributed by atoms with van der Waals surface area (Å²) in [6.45, 7) is 6.96. The second-order valence-electron chi connectivity index (χ2n) is 2.10. The quantitative estimate of drug-likeness (QED) is 0.637. The zero-order valence-corrected chi connectivity index (χ0v) is 7.12. The van der Waals surface area contributed by atoms with Crippen molar-refractivity contribution in [3.63, 3.8) is 0 Å². The van der Waals surface area contributed by atoms with E-state index in [0.717, 1.165) is 32.8 Å². The molecule has 0 aromatic rings. The molecule has 1 saturated heterocycles. The van der Waals surface area contributed by atoms with Crippen LogP contribution in [0.4, 0.5) is 0 Å². The minimum absolute atomic E-state index is 0. The molecule has 0 atom stereocenters. The van der Waals surface area contributed by atoms with Crippen LogP contribution in [0.25, 0.3) is 0 Å². The number of hydrogen-bond donors (Lipinski definition) is 1. The maximum atomic E-state index is 5.28. The highest BCUT2D eigenvalue weighted by atomic mass is 35.5. The molecule has 1 heterocycles. The van der Waals surface area contributed by atoms with E-state index in [0.29, 0.717) is 0 Å². The molecule has 0 aromatic carbocycles. The third-order valence-corrected chi connectivity index (χ3v) is 1.39. The van der Waals surface area contributed by atoms with Gasteiger partial charge in [-0.05, 0) is 6.92 Å². The molecule has 0 amide bonds. The molecule has 0 unspecified atom stereocenters. The number of hydroxylamine groups is 2. The second-order valence-corrected chi connectivity index (χ2v) is 2.10. The number of nitrogens with one attached hydrogen (secondary N) is 1. The van der Waals surface area contributed by atoms with Crippen LogP contribution >= 0.6 is 12.4 Å². The molecule has 0 bridgehead atoms. The van der Waals surface area contributed by atoms with Crippen LogP contribution in [0.3, 0.4) is 0 Å². The van der Waals surface area contributed by atoms with Crippen LogP contribution in [0.5, 0.6) is 0 Å². The molecule has 0 radical (unpaired) electrons. The van der Waals surface area contributed by atoms with Gasteiger partial charge in [0.15, 0.2) is 0 Å². The Kier molecular flexibility index (Phi) is 6.02. The highest BCUT2D eigenvalue weighted by Crippen LogP contribution is 1.91. The van der Waals surface area contributed by atoms with Gasteiger partial charge in [-0.1, -0.05) is 0 Å². The van der Waals surface area contributed by atoms with Gasteiger partial charge in [-0.2, -0.15) is 5.06 Å². The van der Waals surface area contributed by atoms with E-state index in [9.17, 15) is 0 Å². The van der Waals surface area contributed by atoms with Crippen LogP contribution in [-0.4, -0.2) is 37.8 Å². The molecular formula is C6H15ClN2O. The summed E-state index contributed by atoms with van der Waals surface area (Å²) in [5, 5.41) is 5.26. The van der Waals surface area contributed by atoms with Crippen molar-refractivity contribution in [2.75, 3.05) is 32.8 Å². The molecule has 1 fully saturated rings. The first-order valence-electron chi connectivity index (χ1n) is 3.52. The van der Waals surface area contributed by atoms with Crippen LogP contribution < -0.4 is 5.32 Å². The summed E-state index contributed by atoms with van der Waals surface area (Å²) in [6, 6.07) is 0.